The van der Waals surface area contributed by atoms with Crippen LogP contribution in [0.3, 0.4) is 0 Å². The van der Waals surface area contributed by atoms with E-state index in [1.807, 2.05) is 3.28 Å². The molecule has 0 saturated heterocycles. The van der Waals surface area contributed by atoms with E-state index in [1.54, 1.807) is 27.9 Å². The molecule has 0 amide bonds. The molecule has 0 nitrogen and oxygen atoms in total. The zero-order valence-electron chi connectivity index (χ0n) is 15.4. The van der Waals surface area contributed by atoms with Gasteiger partial charge in [-0.15, -0.1) is 0 Å². The molecule has 1 atom stereocenters. The number of allylic oxidation sites excluding steroid dienone is 5. The summed E-state index contributed by atoms with van der Waals surface area (Å²) >= 11 is -0.689. The first-order valence-electron chi connectivity index (χ1n) is 8.33. The van der Waals surface area contributed by atoms with Gasteiger partial charge in [-0.25, -0.2) is 0 Å². The SMILES string of the molecule is CCC1=Cc2ccccc2[CH]1[Zr+2][C]1=C(C)C(C)=C(C)C1(C)C.[I-].[I-]. The van der Waals surface area contributed by atoms with Crippen molar-refractivity contribution in [3.63, 3.8) is 0 Å². The van der Waals surface area contributed by atoms with Crippen molar-refractivity contribution in [2.45, 2.75) is 51.6 Å². The Balaban J connectivity index is 0.00000144. The van der Waals surface area contributed by atoms with Gasteiger partial charge in [0.05, 0.1) is 0 Å². The molecule has 3 rings (SSSR count). The average Bonchev–Trinajstić information content (AvgIpc) is 2.93. The van der Waals surface area contributed by atoms with E-state index in [9.17, 15) is 0 Å². The topological polar surface area (TPSA) is 0 Å². The fourth-order valence-corrected chi connectivity index (χ4v) is 9.13. The van der Waals surface area contributed by atoms with Gasteiger partial charge in [0.2, 0.25) is 0 Å². The first-order valence-corrected chi connectivity index (χ1v) is 11.0. The molecule has 0 saturated carbocycles. The van der Waals surface area contributed by atoms with Crippen molar-refractivity contribution in [2.75, 3.05) is 0 Å². The molecule has 3 heteroatoms. The maximum Gasteiger partial charge on any atom is -1.00 e. The fourth-order valence-electron chi connectivity index (χ4n) is 3.89. The van der Waals surface area contributed by atoms with E-state index in [1.165, 1.54) is 12.0 Å². The first-order chi connectivity index (χ1) is 10.4. The Labute approximate surface area is 193 Å². The molecule has 0 heterocycles. The molecule has 1 unspecified atom stereocenters. The second-order valence-corrected chi connectivity index (χ2v) is 10.5. The Morgan fingerprint density at radius 2 is 1.62 bits per heavy atom. The molecule has 0 radical (unpaired) electrons. The Morgan fingerprint density at radius 1 is 1.00 bits per heavy atom. The summed E-state index contributed by atoms with van der Waals surface area (Å²) < 4.78 is 2.56. The Hall–Kier alpha value is 0.783. The Kier molecular flexibility index (Phi) is 8.22. The molecule has 128 valence electrons. The summed E-state index contributed by atoms with van der Waals surface area (Å²) in [5.74, 6) is 0. The molecule has 0 aliphatic heterocycles. The van der Waals surface area contributed by atoms with E-state index in [0.717, 1.165) is 3.63 Å². The summed E-state index contributed by atoms with van der Waals surface area (Å²) in [7, 11) is 0. The summed E-state index contributed by atoms with van der Waals surface area (Å²) in [5, 5.41) is 0. The summed E-state index contributed by atoms with van der Waals surface area (Å²) in [6.07, 6.45) is 3.66. The van der Waals surface area contributed by atoms with Crippen LogP contribution in [0.15, 0.2) is 49.8 Å². The van der Waals surface area contributed by atoms with Crippen LogP contribution in [0.2, 0.25) is 0 Å². The first kappa shape index (κ1) is 22.8. The molecule has 0 N–H and O–H groups in total. The number of halogens is 2. The normalized spacial score (nSPS) is 20.9. The molecular formula is C21H26I2Zr. The zero-order chi connectivity index (χ0) is 16.1. The number of benzene rings is 1. The van der Waals surface area contributed by atoms with Gasteiger partial charge in [0.25, 0.3) is 0 Å². The predicted molar refractivity (Wildman–Crippen MR) is 92.3 cm³/mol. The molecule has 0 aromatic heterocycles. The van der Waals surface area contributed by atoms with Crippen LogP contribution in [0, 0.1) is 5.41 Å². The zero-order valence-corrected chi connectivity index (χ0v) is 22.2. The van der Waals surface area contributed by atoms with Gasteiger partial charge in [-0.1, -0.05) is 0 Å². The third-order valence-electron chi connectivity index (χ3n) is 5.78. The maximum absolute atomic E-state index is 2.46. The molecule has 0 bridgehead atoms. The van der Waals surface area contributed by atoms with Crippen molar-refractivity contribution in [2.24, 2.45) is 5.41 Å². The molecule has 2 aliphatic carbocycles. The quantitative estimate of drug-likeness (QED) is 0.425. The Morgan fingerprint density at radius 3 is 2.17 bits per heavy atom. The number of fused-ring (bicyclic) bond motifs is 1. The number of rotatable bonds is 3. The van der Waals surface area contributed by atoms with Crippen LogP contribution in [-0.2, 0) is 23.2 Å². The van der Waals surface area contributed by atoms with Gasteiger partial charge in [0.1, 0.15) is 0 Å². The summed E-state index contributed by atoms with van der Waals surface area (Å²) in [4.78, 5) is 0. The van der Waals surface area contributed by atoms with Gasteiger partial charge in [0, 0.05) is 0 Å². The molecule has 1 aromatic rings. The molecule has 0 fully saturated rings. The third-order valence-corrected chi connectivity index (χ3v) is 11.3. The van der Waals surface area contributed by atoms with Gasteiger partial charge >= 0.3 is 147 Å². The largest absolute Gasteiger partial charge is 1.00 e. The van der Waals surface area contributed by atoms with Crippen LogP contribution in [0.1, 0.15) is 62.7 Å². The molecule has 0 spiro atoms. The van der Waals surface area contributed by atoms with E-state index in [4.69, 9.17) is 0 Å². The van der Waals surface area contributed by atoms with Crippen molar-refractivity contribution in [3.05, 3.63) is 61.0 Å². The molecular weight excluding hydrogens is 597 g/mol. The van der Waals surface area contributed by atoms with Crippen molar-refractivity contribution < 1.29 is 71.2 Å². The minimum Gasteiger partial charge on any atom is -1.00 e. The van der Waals surface area contributed by atoms with E-state index in [-0.39, 0.29) is 53.4 Å². The van der Waals surface area contributed by atoms with Crippen LogP contribution in [0.25, 0.3) is 6.08 Å². The third kappa shape index (κ3) is 3.74. The van der Waals surface area contributed by atoms with E-state index < -0.39 is 23.2 Å². The Bertz CT molecular complexity index is 723. The smallest absolute Gasteiger partial charge is 1.00 e. The van der Waals surface area contributed by atoms with Gasteiger partial charge < -0.3 is 48.0 Å². The minimum atomic E-state index is -0.689. The van der Waals surface area contributed by atoms with Crippen LogP contribution in [0.5, 0.6) is 0 Å². The summed E-state index contributed by atoms with van der Waals surface area (Å²) in [6, 6.07) is 9.05. The second-order valence-electron chi connectivity index (χ2n) is 7.15. The van der Waals surface area contributed by atoms with Gasteiger partial charge in [-0.05, 0) is 0 Å². The molecule has 1 aromatic carbocycles. The van der Waals surface area contributed by atoms with Crippen molar-refractivity contribution >= 4 is 6.08 Å². The van der Waals surface area contributed by atoms with Crippen LogP contribution in [0.4, 0.5) is 0 Å². The summed E-state index contributed by atoms with van der Waals surface area (Å²) in [6.45, 7) is 14.2. The van der Waals surface area contributed by atoms with E-state index in [2.05, 4.69) is 71.9 Å². The summed E-state index contributed by atoms with van der Waals surface area (Å²) in [5.41, 5.74) is 9.78. The molecule has 2 aliphatic rings. The second kappa shape index (κ2) is 8.65. The van der Waals surface area contributed by atoms with E-state index in [0.29, 0.717) is 0 Å². The fraction of sp³-hybridized carbons (Fsp3) is 0.429. The van der Waals surface area contributed by atoms with Gasteiger partial charge in [-0.3, -0.25) is 0 Å². The molecule has 24 heavy (non-hydrogen) atoms. The van der Waals surface area contributed by atoms with E-state index >= 15 is 0 Å². The van der Waals surface area contributed by atoms with Crippen LogP contribution >= 0.6 is 0 Å². The number of hydrogen-bond acceptors (Lipinski definition) is 0. The number of hydrogen-bond donors (Lipinski definition) is 0. The standard InChI is InChI=1S/C11H11.C10H15.2HI.Zr/c1-2-9-7-10-5-3-4-6-11(10)8-9;1-7-6-10(4,5)9(3)8(7)2;;;/h3-8H,2H2,1H3;1-5H3;2*1H;/q;;;;+2/p-2. The van der Waals surface area contributed by atoms with Gasteiger partial charge in [-0.2, -0.15) is 0 Å². The predicted octanol–water partition coefficient (Wildman–Crippen LogP) is 0.275. The minimum absolute atomic E-state index is 0. The van der Waals surface area contributed by atoms with Crippen molar-refractivity contribution in [1.29, 1.82) is 0 Å². The maximum atomic E-state index is 2.46. The van der Waals surface area contributed by atoms with Crippen LogP contribution in [-0.4, -0.2) is 0 Å². The monoisotopic (exact) mass is 622 g/mol. The van der Waals surface area contributed by atoms with Crippen LogP contribution < -0.4 is 48.0 Å². The van der Waals surface area contributed by atoms with Gasteiger partial charge in [0.15, 0.2) is 0 Å². The average molecular weight is 623 g/mol. The van der Waals surface area contributed by atoms with Crippen molar-refractivity contribution in [1.82, 2.24) is 0 Å². The van der Waals surface area contributed by atoms with Crippen molar-refractivity contribution in [3.8, 4) is 0 Å².